The molecule has 1 aromatic rings. The van der Waals surface area contributed by atoms with E-state index in [-0.39, 0.29) is 32.0 Å². The smallest absolute Gasteiger partial charge is 0.352 e. The molecular weight excluding hydrogens is 444 g/mol. The number of carboxylic acids is 1. The minimum atomic E-state index is -1.64. The largest absolute Gasteiger partial charge is 0.477 e. The maximum atomic E-state index is 10.8. The highest BCUT2D eigenvalue weighted by Crippen LogP contribution is 2.20. The lowest BCUT2D eigenvalue weighted by atomic mass is 9.99. The van der Waals surface area contributed by atoms with Crippen molar-refractivity contribution in [3.8, 4) is 0 Å². The molecule has 1 saturated heterocycles. The standard InChI is InChI=1S/C19H34N4O10/c24-11(7-22-10-3-13(18(29)30)23-4-10)5-20-1-2-21-6-12(25)8-32-9-14-15(26)16(27)17(28)19(31)33-14/h3-4,11-12,14-17,19-28,31H,1-2,5-9H2,(H,29,30)/t11?,12?,14-,15+,16+,17-,19?/m1/s1. The third kappa shape index (κ3) is 9.13. The molecule has 1 fully saturated rings. The van der Waals surface area contributed by atoms with Crippen molar-refractivity contribution in [2.24, 2.45) is 0 Å². The number of carboxylic acid groups (broad SMARTS) is 1. The lowest BCUT2D eigenvalue weighted by Crippen LogP contribution is -2.58. The van der Waals surface area contributed by atoms with E-state index in [0.29, 0.717) is 25.3 Å². The summed E-state index contributed by atoms with van der Waals surface area (Å²) in [6.45, 7) is 1.55. The highest BCUT2D eigenvalue weighted by Gasteiger charge is 2.42. The minimum Gasteiger partial charge on any atom is -0.477 e. The van der Waals surface area contributed by atoms with Crippen molar-refractivity contribution in [1.29, 1.82) is 0 Å². The van der Waals surface area contributed by atoms with Crippen molar-refractivity contribution in [2.75, 3.05) is 51.3 Å². The number of rotatable bonds is 15. The van der Waals surface area contributed by atoms with Gasteiger partial charge in [-0.05, 0) is 6.07 Å². The molecule has 0 saturated carbocycles. The molecule has 11 N–H and O–H groups in total. The summed E-state index contributed by atoms with van der Waals surface area (Å²) in [7, 11) is 0. The van der Waals surface area contributed by atoms with Gasteiger partial charge in [0.2, 0.25) is 0 Å². The van der Waals surface area contributed by atoms with Crippen LogP contribution in [0.5, 0.6) is 0 Å². The van der Waals surface area contributed by atoms with Gasteiger partial charge >= 0.3 is 5.97 Å². The fourth-order valence-corrected chi connectivity index (χ4v) is 3.09. The molecule has 14 heteroatoms. The number of anilines is 1. The topological polar surface area (TPSA) is 229 Å². The number of carbonyl (C=O) groups is 1. The normalized spacial score (nSPS) is 27.3. The van der Waals surface area contributed by atoms with Crippen LogP contribution in [0.25, 0.3) is 0 Å². The van der Waals surface area contributed by atoms with Crippen molar-refractivity contribution in [1.82, 2.24) is 15.6 Å². The number of hydrogen-bond acceptors (Lipinski definition) is 12. The lowest BCUT2D eigenvalue weighted by Gasteiger charge is -2.38. The van der Waals surface area contributed by atoms with Crippen molar-refractivity contribution < 1.29 is 50.0 Å². The quantitative estimate of drug-likeness (QED) is 0.108. The molecule has 190 valence electrons. The Morgan fingerprint density at radius 1 is 1.03 bits per heavy atom. The van der Waals surface area contributed by atoms with Crippen LogP contribution < -0.4 is 16.0 Å². The van der Waals surface area contributed by atoms with Gasteiger partial charge < -0.3 is 66.2 Å². The summed E-state index contributed by atoms with van der Waals surface area (Å²) in [4.78, 5) is 13.4. The Hall–Kier alpha value is -1.85. The Bertz CT molecular complexity index is 708. The minimum absolute atomic E-state index is 0.0566. The summed E-state index contributed by atoms with van der Waals surface area (Å²) in [6, 6.07) is 1.43. The molecule has 0 aliphatic carbocycles. The maximum Gasteiger partial charge on any atom is 0.352 e. The van der Waals surface area contributed by atoms with Crippen LogP contribution in [0.1, 0.15) is 10.5 Å². The zero-order chi connectivity index (χ0) is 24.4. The van der Waals surface area contributed by atoms with E-state index < -0.39 is 48.9 Å². The van der Waals surface area contributed by atoms with E-state index in [1.807, 2.05) is 0 Å². The summed E-state index contributed by atoms with van der Waals surface area (Å²) >= 11 is 0. The maximum absolute atomic E-state index is 10.8. The van der Waals surface area contributed by atoms with Crippen molar-refractivity contribution in [2.45, 2.75) is 42.9 Å². The number of H-pyrrole nitrogens is 1. The second-order valence-electron chi connectivity index (χ2n) is 7.78. The first-order chi connectivity index (χ1) is 15.7. The van der Waals surface area contributed by atoms with E-state index in [1.165, 1.54) is 12.3 Å². The first-order valence-electron chi connectivity index (χ1n) is 10.6. The van der Waals surface area contributed by atoms with Gasteiger partial charge in [-0.15, -0.1) is 0 Å². The van der Waals surface area contributed by atoms with Crippen LogP contribution in [0.2, 0.25) is 0 Å². The van der Waals surface area contributed by atoms with Crippen LogP contribution in [0, 0.1) is 0 Å². The van der Waals surface area contributed by atoms with E-state index in [1.54, 1.807) is 0 Å². The molecule has 2 rings (SSSR count). The number of nitrogens with one attached hydrogen (secondary N) is 4. The molecule has 14 nitrogen and oxygen atoms in total. The van der Waals surface area contributed by atoms with Crippen LogP contribution >= 0.6 is 0 Å². The number of ether oxygens (including phenoxy) is 2. The van der Waals surface area contributed by atoms with Gasteiger partial charge in [0.05, 0.1) is 31.1 Å². The van der Waals surface area contributed by atoms with Gasteiger partial charge in [-0.1, -0.05) is 0 Å². The second-order valence-corrected chi connectivity index (χ2v) is 7.78. The Balaban J connectivity index is 1.47. The second kappa shape index (κ2) is 13.8. The number of aromatic nitrogens is 1. The molecule has 0 radical (unpaired) electrons. The average molecular weight is 478 g/mol. The third-order valence-corrected chi connectivity index (χ3v) is 4.97. The SMILES string of the molecule is O=C(O)c1cc(NCC(O)CNCCNCC(O)COC[C@H]2OC(O)[C@H](O)[C@@H](O)[C@H]2O)c[nH]1. The van der Waals surface area contributed by atoms with E-state index in [4.69, 9.17) is 14.6 Å². The number of aliphatic hydroxyl groups excluding tert-OH is 6. The van der Waals surface area contributed by atoms with Gasteiger partial charge in [0.25, 0.3) is 0 Å². The average Bonchev–Trinajstić information content (AvgIpc) is 3.26. The molecule has 0 spiro atoms. The number of aliphatic hydroxyl groups is 6. The van der Waals surface area contributed by atoms with Gasteiger partial charge in [0, 0.05) is 38.9 Å². The summed E-state index contributed by atoms with van der Waals surface area (Å²) < 4.78 is 10.2. The van der Waals surface area contributed by atoms with Crippen molar-refractivity contribution in [3.05, 3.63) is 18.0 Å². The Morgan fingerprint density at radius 3 is 2.33 bits per heavy atom. The molecule has 33 heavy (non-hydrogen) atoms. The lowest BCUT2D eigenvalue weighted by molar-refractivity contribution is -0.289. The number of hydrogen-bond donors (Lipinski definition) is 11. The zero-order valence-corrected chi connectivity index (χ0v) is 18.0. The molecule has 0 amide bonds. The van der Waals surface area contributed by atoms with Crippen LogP contribution in [-0.2, 0) is 9.47 Å². The van der Waals surface area contributed by atoms with Crippen LogP contribution in [0.4, 0.5) is 5.69 Å². The highest BCUT2D eigenvalue weighted by atomic mass is 16.6. The van der Waals surface area contributed by atoms with Crippen LogP contribution in [-0.4, -0.2) is 136 Å². The summed E-state index contributed by atoms with van der Waals surface area (Å²) in [5.41, 5.74) is 0.625. The first kappa shape index (κ1) is 27.4. The monoisotopic (exact) mass is 478 g/mol. The van der Waals surface area contributed by atoms with Crippen molar-refractivity contribution >= 4 is 11.7 Å². The summed E-state index contributed by atoms with van der Waals surface area (Å²) in [6.07, 6.45) is -7.31. The van der Waals surface area contributed by atoms with E-state index in [0.717, 1.165) is 0 Å². The van der Waals surface area contributed by atoms with E-state index >= 15 is 0 Å². The fraction of sp³-hybridized carbons (Fsp3) is 0.737. The Labute approximate surface area is 190 Å². The molecule has 1 aliphatic rings. The summed E-state index contributed by atoms with van der Waals surface area (Å²) in [5, 5.41) is 76.0. The molecular formula is C19H34N4O10. The predicted octanol–water partition coefficient (Wildman–Crippen LogP) is -4.16. The molecule has 0 bridgehead atoms. The van der Waals surface area contributed by atoms with E-state index in [2.05, 4.69) is 20.9 Å². The number of aromatic amines is 1. The molecule has 1 aromatic heterocycles. The highest BCUT2D eigenvalue weighted by molar-refractivity contribution is 5.86. The molecule has 3 unspecified atom stereocenters. The van der Waals surface area contributed by atoms with Gasteiger partial charge in [-0.2, -0.15) is 0 Å². The van der Waals surface area contributed by atoms with Gasteiger partial charge in [0.15, 0.2) is 6.29 Å². The van der Waals surface area contributed by atoms with Crippen LogP contribution in [0.3, 0.4) is 0 Å². The molecule has 0 aromatic carbocycles. The molecule has 1 aliphatic heterocycles. The van der Waals surface area contributed by atoms with Gasteiger partial charge in [-0.25, -0.2) is 4.79 Å². The molecule has 7 atom stereocenters. The van der Waals surface area contributed by atoms with Crippen molar-refractivity contribution in [3.63, 3.8) is 0 Å². The van der Waals surface area contributed by atoms with E-state index in [9.17, 15) is 35.4 Å². The first-order valence-corrected chi connectivity index (χ1v) is 10.6. The number of aromatic carboxylic acids is 1. The Morgan fingerprint density at radius 2 is 1.70 bits per heavy atom. The predicted molar refractivity (Wildman–Crippen MR) is 114 cm³/mol. The summed E-state index contributed by atoms with van der Waals surface area (Å²) in [5.74, 6) is -1.06. The Kier molecular flexibility index (Phi) is 11.4. The zero-order valence-electron chi connectivity index (χ0n) is 18.0. The van der Waals surface area contributed by atoms with Crippen LogP contribution in [0.15, 0.2) is 12.3 Å². The molecule has 2 heterocycles. The van der Waals surface area contributed by atoms with Gasteiger partial charge in [-0.3, -0.25) is 0 Å². The third-order valence-electron chi connectivity index (χ3n) is 4.97. The fourth-order valence-electron chi connectivity index (χ4n) is 3.09. The van der Waals surface area contributed by atoms with Gasteiger partial charge in [0.1, 0.15) is 30.1 Å².